The van der Waals surface area contributed by atoms with Gasteiger partial charge in [0.05, 0.1) is 13.2 Å². The number of amides is 2. The van der Waals surface area contributed by atoms with Crippen LogP contribution in [0.1, 0.15) is 12.5 Å². The zero-order chi connectivity index (χ0) is 14.3. The molecule has 1 aromatic rings. The van der Waals surface area contributed by atoms with Crippen molar-refractivity contribution in [2.45, 2.75) is 19.6 Å². The predicted molar refractivity (Wildman–Crippen MR) is 68.7 cm³/mol. The molecule has 0 unspecified atom stereocenters. The van der Waals surface area contributed by atoms with E-state index in [0.717, 1.165) is 10.5 Å². The second-order valence-electron chi connectivity index (χ2n) is 4.07. The molecule has 0 saturated carbocycles. The van der Waals surface area contributed by atoms with Gasteiger partial charge in [0.2, 0.25) is 5.91 Å². The molecule has 6 heteroatoms. The fraction of sp³-hybridized carbons (Fsp3) is 0.385. The Morgan fingerprint density at radius 2 is 2.00 bits per heavy atom. The van der Waals surface area contributed by atoms with E-state index in [9.17, 15) is 9.59 Å². The van der Waals surface area contributed by atoms with Crippen LogP contribution in [0.15, 0.2) is 30.3 Å². The van der Waals surface area contributed by atoms with Gasteiger partial charge in [-0.15, -0.1) is 0 Å². The molecule has 2 amide bonds. The Labute approximate surface area is 111 Å². The number of nitrogens with one attached hydrogen (secondary N) is 1. The summed E-state index contributed by atoms with van der Waals surface area (Å²) in [5.74, 6) is -0.867. The number of carbonyl (C=O) groups excluding carboxylic acids is 2. The molecule has 1 atom stereocenters. The molecule has 0 aliphatic carbocycles. The van der Waals surface area contributed by atoms with Gasteiger partial charge in [0.15, 0.2) is 0 Å². The quantitative estimate of drug-likeness (QED) is 0.714. The highest BCUT2D eigenvalue weighted by Gasteiger charge is 2.24. The van der Waals surface area contributed by atoms with Crippen LogP contribution in [0.3, 0.4) is 0 Å². The molecule has 1 rings (SSSR count). The number of nitrogens with zero attached hydrogens (tertiary/aromatic N) is 1. The van der Waals surface area contributed by atoms with Crippen molar-refractivity contribution in [2.24, 2.45) is 0 Å². The number of hydroxylamine groups is 1. The van der Waals surface area contributed by atoms with Crippen LogP contribution in [-0.4, -0.2) is 41.5 Å². The van der Waals surface area contributed by atoms with Crippen LogP contribution in [0.2, 0.25) is 0 Å². The number of benzene rings is 1. The van der Waals surface area contributed by atoms with Gasteiger partial charge >= 0.3 is 0 Å². The van der Waals surface area contributed by atoms with Crippen molar-refractivity contribution in [1.29, 1.82) is 0 Å². The van der Waals surface area contributed by atoms with Gasteiger partial charge in [0, 0.05) is 14.0 Å². The van der Waals surface area contributed by atoms with E-state index in [-0.39, 0.29) is 12.5 Å². The maximum Gasteiger partial charge on any atom is 0.268 e. The van der Waals surface area contributed by atoms with Gasteiger partial charge in [-0.25, -0.2) is 5.48 Å². The molecule has 0 aromatic heterocycles. The molecule has 0 aliphatic rings. The van der Waals surface area contributed by atoms with Crippen molar-refractivity contribution in [3.05, 3.63) is 35.9 Å². The normalized spacial score (nSPS) is 11.7. The summed E-state index contributed by atoms with van der Waals surface area (Å²) in [5.41, 5.74) is 3.13. The number of rotatable bonds is 6. The van der Waals surface area contributed by atoms with Gasteiger partial charge in [-0.1, -0.05) is 30.3 Å². The Bertz CT molecular complexity index is 422. The van der Waals surface area contributed by atoms with E-state index in [1.165, 1.54) is 14.0 Å². The van der Waals surface area contributed by atoms with Gasteiger partial charge < -0.3 is 10.0 Å². The smallest absolute Gasteiger partial charge is 0.268 e. The maximum atomic E-state index is 11.7. The molecule has 104 valence electrons. The minimum absolute atomic E-state index is 0.217. The number of carbonyl (C=O) groups is 2. The first-order chi connectivity index (χ1) is 9.06. The Balaban J connectivity index is 2.43. The molecular formula is C13H18N2O4. The van der Waals surface area contributed by atoms with Crippen LogP contribution in [0.5, 0.6) is 0 Å². The second-order valence-corrected chi connectivity index (χ2v) is 4.07. The summed E-state index contributed by atoms with van der Waals surface area (Å²) in [6.45, 7) is 1.08. The molecule has 6 nitrogen and oxygen atoms in total. The molecule has 2 N–H and O–H groups in total. The highest BCUT2D eigenvalue weighted by atomic mass is 16.7. The average Bonchev–Trinajstić information content (AvgIpc) is 2.40. The number of hydrogen-bond donors (Lipinski definition) is 2. The Morgan fingerprint density at radius 3 is 2.53 bits per heavy atom. The average molecular weight is 266 g/mol. The van der Waals surface area contributed by atoms with Crippen LogP contribution in [0, 0.1) is 0 Å². The van der Waals surface area contributed by atoms with Gasteiger partial charge in [-0.05, 0) is 5.56 Å². The third kappa shape index (κ3) is 4.69. The van der Waals surface area contributed by atoms with E-state index in [2.05, 4.69) is 5.48 Å². The summed E-state index contributed by atoms with van der Waals surface area (Å²) >= 11 is 0. The molecular weight excluding hydrogens is 248 g/mol. The summed E-state index contributed by atoms with van der Waals surface area (Å²) in [6.07, 6.45) is 0. The summed E-state index contributed by atoms with van der Waals surface area (Å²) in [5, 5.41) is 9.12. The van der Waals surface area contributed by atoms with E-state index in [0.29, 0.717) is 0 Å². The van der Waals surface area contributed by atoms with Crippen LogP contribution in [0.25, 0.3) is 0 Å². The third-order valence-corrected chi connectivity index (χ3v) is 2.69. The monoisotopic (exact) mass is 266 g/mol. The zero-order valence-corrected chi connectivity index (χ0v) is 11.0. The molecule has 0 aliphatic heterocycles. The molecule has 0 heterocycles. The fourth-order valence-electron chi connectivity index (χ4n) is 1.43. The zero-order valence-electron chi connectivity index (χ0n) is 11.0. The van der Waals surface area contributed by atoms with Gasteiger partial charge in [-0.3, -0.25) is 14.4 Å². The van der Waals surface area contributed by atoms with Gasteiger partial charge in [-0.2, -0.15) is 0 Å². The summed E-state index contributed by atoms with van der Waals surface area (Å²) in [6, 6.07) is 8.37. The van der Waals surface area contributed by atoms with Gasteiger partial charge in [0.1, 0.15) is 6.04 Å². The van der Waals surface area contributed by atoms with Crippen molar-refractivity contribution in [1.82, 2.24) is 10.4 Å². The number of likely N-dealkylation sites (N-methyl/N-ethyl adjacent to an activating group) is 1. The van der Waals surface area contributed by atoms with Crippen LogP contribution < -0.4 is 5.48 Å². The lowest BCUT2D eigenvalue weighted by Gasteiger charge is -2.24. The van der Waals surface area contributed by atoms with E-state index in [1.54, 1.807) is 0 Å². The SMILES string of the molecule is CC(=O)N(C)[C@H](CO)C(=O)NOCc1ccccc1. The van der Waals surface area contributed by atoms with Crippen molar-refractivity contribution in [3.8, 4) is 0 Å². The van der Waals surface area contributed by atoms with E-state index in [1.807, 2.05) is 30.3 Å². The summed E-state index contributed by atoms with van der Waals surface area (Å²) < 4.78 is 0. The first kappa shape index (κ1) is 15.1. The summed E-state index contributed by atoms with van der Waals surface area (Å²) in [4.78, 5) is 29.1. The first-order valence-corrected chi connectivity index (χ1v) is 5.86. The first-order valence-electron chi connectivity index (χ1n) is 5.86. The minimum atomic E-state index is -0.951. The molecule has 19 heavy (non-hydrogen) atoms. The molecule has 0 spiro atoms. The number of aliphatic hydroxyl groups excluding tert-OH is 1. The van der Waals surface area contributed by atoms with Crippen molar-refractivity contribution in [3.63, 3.8) is 0 Å². The molecule has 1 aromatic carbocycles. The Morgan fingerprint density at radius 1 is 1.37 bits per heavy atom. The Kier molecular flexibility index (Phi) is 5.98. The van der Waals surface area contributed by atoms with E-state index >= 15 is 0 Å². The maximum absolute atomic E-state index is 11.7. The number of hydrogen-bond acceptors (Lipinski definition) is 4. The molecule has 0 fully saturated rings. The Hall–Kier alpha value is -1.92. The standard InChI is InChI=1S/C13H18N2O4/c1-10(17)15(2)12(8-16)13(18)14-19-9-11-6-4-3-5-7-11/h3-7,12,16H,8-9H2,1-2H3,(H,14,18)/t12-/m1/s1. The van der Waals surface area contributed by atoms with Crippen molar-refractivity contribution < 1.29 is 19.5 Å². The second kappa shape index (κ2) is 7.50. The summed E-state index contributed by atoms with van der Waals surface area (Å²) in [7, 11) is 1.44. The fourth-order valence-corrected chi connectivity index (χ4v) is 1.43. The van der Waals surface area contributed by atoms with E-state index < -0.39 is 18.6 Å². The minimum Gasteiger partial charge on any atom is -0.394 e. The molecule has 0 bridgehead atoms. The van der Waals surface area contributed by atoms with Crippen LogP contribution in [0.4, 0.5) is 0 Å². The van der Waals surface area contributed by atoms with Crippen molar-refractivity contribution >= 4 is 11.8 Å². The number of aliphatic hydroxyl groups is 1. The lowest BCUT2D eigenvalue weighted by molar-refractivity contribution is -0.147. The lowest BCUT2D eigenvalue weighted by Crippen LogP contribution is -2.49. The topological polar surface area (TPSA) is 78.9 Å². The largest absolute Gasteiger partial charge is 0.394 e. The highest BCUT2D eigenvalue weighted by molar-refractivity contribution is 5.86. The third-order valence-electron chi connectivity index (χ3n) is 2.69. The highest BCUT2D eigenvalue weighted by Crippen LogP contribution is 2.00. The predicted octanol–water partition coefficient (Wildman–Crippen LogP) is 0.0736. The van der Waals surface area contributed by atoms with Crippen LogP contribution in [-0.2, 0) is 21.0 Å². The molecule has 0 radical (unpaired) electrons. The van der Waals surface area contributed by atoms with Crippen molar-refractivity contribution in [2.75, 3.05) is 13.7 Å². The molecule has 0 saturated heterocycles. The lowest BCUT2D eigenvalue weighted by atomic mass is 10.2. The van der Waals surface area contributed by atoms with E-state index in [4.69, 9.17) is 9.94 Å². The van der Waals surface area contributed by atoms with Gasteiger partial charge in [0.25, 0.3) is 5.91 Å². The van der Waals surface area contributed by atoms with Crippen LogP contribution >= 0.6 is 0 Å².